The summed E-state index contributed by atoms with van der Waals surface area (Å²) in [5, 5.41) is 1.06. The van der Waals surface area contributed by atoms with E-state index in [4.69, 9.17) is 9.72 Å². The molecule has 3 heterocycles. The maximum Gasteiger partial charge on any atom is 0.260 e. The molecule has 0 N–H and O–H groups in total. The first kappa shape index (κ1) is 25.5. The molecule has 1 fully saturated rings. The Kier molecular flexibility index (Phi) is 7.28. The van der Waals surface area contributed by atoms with Crippen LogP contribution in [-0.4, -0.2) is 60.2 Å². The Balaban J connectivity index is 1.41. The number of anilines is 1. The molecular formula is C30H26F2N4O2S. The van der Waals surface area contributed by atoms with E-state index in [1.165, 1.54) is 6.07 Å². The molecule has 0 atom stereocenters. The largest absolute Gasteiger partial charge is 0.379 e. The van der Waals surface area contributed by atoms with Crippen LogP contribution in [0.3, 0.4) is 0 Å². The van der Waals surface area contributed by atoms with Gasteiger partial charge >= 0.3 is 0 Å². The van der Waals surface area contributed by atoms with Crippen LogP contribution in [0.2, 0.25) is 0 Å². The molecule has 3 aromatic carbocycles. The molecule has 6 nitrogen and oxygen atoms in total. The molecule has 0 spiro atoms. The van der Waals surface area contributed by atoms with E-state index in [-0.39, 0.29) is 11.4 Å². The summed E-state index contributed by atoms with van der Waals surface area (Å²) >= 11 is 1.11. The Bertz CT molecular complexity index is 1640. The lowest BCUT2D eigenvalue weighted by atomic mass is 10.0. The van der Waals surface area contributed by atoms with Crippen molar-refractivity contribution in [1.82, 2.24) is 14.9 Å². The van der Waals surface area contributed by atoms with Crippen molar-refractivity contribution >= 4 is 43.5 Å². The topological polar surface area (TPSA) is 58.6 Å². The van der Waals surface area contributed by atoms with Crippen molar-refractivity contribution in [2.45, 2.75) is 6.42 Å². The Morgan fingerprint density at radius 3 is 2.56 bits per heavy atom. The molecule has 0 saturated carbocycles. The molecule has 39 heavy (non-hydrogen) atoms. The summed E-state index contributed by atoms with van der Waals surface area (Å²) in [5.74, 6) is -1.67. The number of thiazole rings is 1. The molecule has 1 saturated heterocycles. The highest BCUT2D eigenvalue weighted by atomic mass is 32.1. The van der Waals surface area contributed by atoms with Crippen LogP contribution in [0.25, 0.3) is 32.4 Å². The number of para-hydroxylation sites is 1. The number of nitrogens with zero attached hydrogens (tertiary/aromatic N) is 4. The van der Waals surface area contributed by atoms with Gasteiger partial charge in [0.2, 0.25) is 0 Å². The average molecular weight is 545 g/mol. The number of halogens is 2. The number of aromatic nitrogens is 2. The monoisotopic (exact) mass is 544 g/mol. The third-order valence-electron chi connectivity index (χ3n) is 6.85. The fourth-order valence-electron chi connectivity index (χ4n) is 4.88. The summed E-state index contributed by atoms with van der Waals surface area (Å²) in [6.45, 7) is 4.22. The second-order valence-corrected chi connectivity index (χ2v) is 10.4. The molecule has 9 heteroatoms. The standard InChI is InChI=1S/C30H26F2N4O2S/c31-21-17-24(32)28-27(18-21)39-30(34-28)36(12-6-11-35-13-15-38-16-14-35)29(37)23-19-26(20-7-2-1-3-8-20)33-25-10-5-4-9-22(23)25/h1-5,7-10,17-19H,6,11-16H2. The van der Waals surface area contributed by atoms with E-state index in [1.54, 1.807) is 4.90 Å². The molecule has 0 bridgehead atoms. The summed E-state index contributed by atoms with van der Waals surface area (Å²) in [5.41, 5.74) is 2.83. The van der Waals surface area contributed by atoms with Gasteiger partial charge < -0.3 is 4.74 Å². The molecule has 0 unspecified atom stereocenters. The van der Waals surface area contributed by atoms with Gasteiger partial charge in [-0.15, -0.1) is 0 Å². The van der Waals surface area contributed by atoms with Crippen molar-refractivity contribution in [3.05, 3.63) is 90.0 Å². The van der Waals surface area contributed by atoms with Crippen LogP contribution in [0.1, 0.15) is 16.8 Å². The highest BCUT2D eigenvalue weighted by Gasteiger charge is 2.25. The average Bonchev–Trinajstić information content (AvgIpc) is 3.39. The fourth-order valence-corrected chi connectivity index (χ4v) is 5.91. The fraction of sp³-hybridized carbons (Fsp3) is 0.233. The lowest BCUT2D eigenvalue weighted by Gasteiger charge is -2.28. The van der Waals surface area contributed by atoms with Crippen LogP contribution in [-0.2, 0) is 4.74 Å². The van der Waals surface area contributed by atoms with E-state index < -0.39 is 11.6 Å². The molecule has 5 aromatic rings. The summed E-state index contributed by atoms with van der Waals surface area (Å²) in [7, 11) is 0. The maximum absolute atomic E-state index is 14.6. The number of carbonyl (C=O) groups excluding carboxylic acids is 1. The lowest BCUT2D eigenvalue weighted by Crippen LogP contribution is -2.39. The number of hydrogen-bond acceptors (Lipinski definition) is 6. The van der Waals surface area contributed by atoms with Gasteiger partial charge in [-0.3, -0.25) is 14.6 Å². The number of morpholine rings is 1. The third kappa shape index (κ3) is 5.38. The van der Waals surface area contributed by atoms with E-state index in [2.05, 4.69) is 9.88 Å². The van der Waals surface area contributed by atoms with E-state index in [1.807, 2.05) is 60.7 Å². The third-order valence-corrected chi connectivity index (χ3v) is 7.88. The summed E-state index contributed by atoms with van der Waals surface area (Å²) in [6.07, 6.45) is 0.688. The molecule has 0 radical (unpaired) electrons. The van der Waals surface area contributed by atoms with Crippen molar-refractivity contribution in [3.8, 4) is 11.3 Å². The Morgan fingerprint density at radius 1 is 0.974 bits per heavy atom. The van der Waals surface area contributed by atoms with Gasteiger partial charge in [-0.25, -0.2) is 18.7 Å². The normalized spacial score (nSPS) is 14.2. The molecule has 1 aliphatic rings. The maximum atomic E-state index is 14.6. The van der Waals surface area contributed by atoms with E-state index >= 15 is 0 Å². The minimum atomic E-state index is -0.742. The Hall–Kier alpha value is -3.79. The first-order chi connectivity index (χ1) is 19.1. The highest BCUT2D eigenvalue weighted by Crippen LogP contribution is 2.33. The highest BCUT2D eigenvalue weighted by molar-refractivity contribution is 7.22. The van der Waals surface area contributed by atoms with Crippen molar-refractivity contribution in [2.75, 3.05) is 44.3 Å². The zero-order valence-corrected chi connectivity index (χ0v) is 22.0. The lowest BCUT2D eigenvalue weighted by molar-refractivity contribution is 0.0376. The number of fused-ring (bicyclic) bond motifs is 2. The van der Waals surface area contributed by atoms with Gasteiger partial charge in [0.25, 0.3) is 5.91 Å². The van der Waals surface area contributed by atoms with Crippen LogP contribution >= 0.6 is 11.3 Å². The number of pyridine rings is 1. The van der Waals surface area contributed by atoms with Crippen molar-refractivity contribution < 1.29 is 18.3 Å². The Labute approximate surface area is 228 Å². The first-order valence-corrected chi connectivity index (χ1v) is 13.7. The first-order valence-electron chi connectivity index (χ1n) is 12.9. The van der Waals surface area contributed by atoms with Crippen LogP contribution in [0.5, 0.6) is 0 Å². The number of hydrogen-bond donors (Lipinski definition) is 0. The molecule has 2 aromatic heterocycles. The summed E-state index contributed by atoms with van der Waals surface area (Å²) < 4.78 is 34.3. The minimum absolute atomic E-state index is 0.0620. The van der Waals surface area contributed by atoms with Crippen molar-refractivity contribution in [3.63, 3.8) is 0 Å². The predicted molar refractivity (Wildman–Crippen MR) is 150 cm³/mol. The van der Waals surface area contributed by atoms with Crippen molar-refractivity contribution in [2.24, 2.45) is 0 Å². The molecule has 1 amide bonds. The summed E-state index contributed by atoms with van der Waals surface area (Å²) in [4.78, 5) is 27.5. The Morgan fingerprint density at radius 2 is 1.74 bits per heavy atom. The van der Waals surface area contributed by atoms with Crippen LogP contribution < -0.4 is 4.90 Å². The zero-order chi connectivity index (χ0) is 26.8. The van der Waals surface area contributed by atoms with Crippen LogP contribution in [0.4, 0.5) is 13.9 Å². The second-order valence-electron chi connectivity index (χ2n) is 9.43. The van der Waals surface area contributed by atoms with E-state index in [9.17, 15) is 13.6 Å². The van der Waals surface area contributed by atoms with Gasteiger partial charge in [-0.1, -0.05) is 59.9 Å². The number of rotatable bonds is 7. The zero-order valence-electron chi connectivity index (χ0n) is 21.1. The van der Waals surface area contributed by atoms with E-state index in [0.717, 1.165) is 48.0 Å². The van der Waals surface area contributed by atoms with Crippen molar-refractivity contribution in [1.29, 1.82) is 0 Å². The van der Waals surface area contributed by atoms with Gasteiger partial charge in [-0.05, 0) is 24.6 Å². The van der Waals surface area contributed by atoms with E-state index in [0.29, 0.717) is 52.8 Å². The summed E-state index contributed by atoms with van der Waals surface area (Å²) in [6, 6.07) is 21.1. The SMILES string of the molecule is O=C(c1cc(-c2ccccc2)nc2ccccc12)N(CCCN1CCOCC1)c1nc2c(F)cc(F)cc2s1. The number of benzene rings is 3. The number of ether oxygens (including phenoxy) is 1. The molecule has 1 aliphatic heterocycles. The molecule has 198 valence electrons. The molecule has 0 aliphatic carbocycles. The van der Waals surface area contributed by atoms with Gasteiger partial charge in [0.05, 0.1) is 34.7 Å². The second kappa shape index (κ2) is 11.1. The number of carbonyl (C=O) groups is 1. The van der Waals surface area contributed by atoms with Gasteiger partial charge in [-0.2, -0.15) is 0 Å². The van der Waals surface area contributed by atoms with Crippen LogP contribution in [0, 0.1) is 11.6 Å². The smallest absolute Gasteiger partial charge is 0.260 e. The van der Waals surface area contributed by atoms with Gasteiger partial charge in [0.15, 0.2) is 10.9 Å². The molecule has 6 rings (SSSR count). The van der Waals surface area contributed by atoms with Crippen LogP contribution in [0.15, 0.2) is 72.8 Å². The predicted octanol–water partition coefficient (Wildman–Crippen LogP) is 6.16. The number of amides is 1. The van der Waals surface area contributed by atoms with Gasteiger partial charge in [0.1, 0.15) is 11.3 Å². The van der Waals surface area contributed by atoms with Gasteiger partial charge in [0, 0.05) is 43.2 Å². The molecular weight excluding hydrogens is 518 g/mol. The minimum Gasteiger partial charge on any atom is -0.379 e. The quantitative estimate of drug-likeness (QED) is 0.246.